The first-order chi connectivity index (χ1) is 9.09. The monoisotopic (exact) mass is 258 g/mol. The van der Waals surface area contributed by atoms with Gasteiger partial charge in [0.2, 0.25) is 0 Å². The number of aliphatic hydroxyl groups is 1. The van der Waals surface area contributed by atoms with Crippen molar-refractivity contribution in [1.82, 2.24) is 9.88 Å². The molecule has 2 N–H and O–H groups in total. The molecule has 1 aromatic carbocycles. The second kappa shape index (κ2) is 5.71. The van der Waals surface area contributed by atoms with E-state index in [1.54, 1.807) is 6.07 Å². The molecule has 0 saturated heterocycles. The summed E-state index contributed by atoms with van der Waals surface area (Å²) in [5, 5.41) is 12.8. The van der Waals surface area contributed by atoms with Crippen LogP contribution in [0.3, 0.4) is 0 Å². The molecule has 1 unspecified atom stereocenters. The molecule has 0 aliphatic rings. The van der Waals surface area contributed by atoms with Crippen molar-refractivity contribution < 1.29 is 9.90 Å². The van der Waals surface area contributed by atoms with E-state index in [1.165, 1.54) is 0 Å². The Kier molecular flexibility index (Phi) is 4.02. The summed E-state index contributed by atoms with van der Waals surface area (Å²) in [5.74, 6) is -0.161. The quantitative estimate of drug-likeness (QED) is 0.878. The Morgan fingerprint density at radius 3 is 2.68 bits per heavy atom. The Bertz CT molecular complexity index is 575. The highest BCUT2D eigenvalue weighted by Crippen LogP contribution is 2.12. The summed E-state index contributed by atoms with van der Waals surface area (Å²) < 4.78 is 1.84. The molecule has 0 aliphatic carbocycles. The van der Waals surface area contributed by atoms with Crippen LogP contribution in [-0.4, -0.2) is 22.1 Å². The van der Waals surface area contributed by atoms with Gasteiger partial charge in [0.05, 0.1) is 0 Å². The summed E-state index contributed by atoms with van der Waals surface area (Å²) in [4.78, 5) is 12.0. The molecule has 2 rings (SSSR count). The smallest absolute Gasteiger partial charge is 0.251 e. The largest absolute Gasteiger partial charge is 0.385 e. The fraction of sp³-hybridized carbons (Fsp3) is 0.267. The molecule has 0 fully saturated rings. The van der Waals surface area contributed by atoms with Crippen LogP contribution in [0.5, 0.6) is 0 Å². The summed E-state index contributed by atoms with van der Waals surface area (Å²) in [7, 11) is 1.86. The summed E-state index contributed by atoms with van der Waals surface area (Å²) >= 11 is 0. The van der Waals surface area contributed by atoms with Gasteiger partial charge in [-0.15, -0.1) is 0 Å². The van der Waals surface area contributed by atoms with Crippen molar-refractivity contribution in [2.24, 2.45) is 7.05 Å². The van der Waals surface area contributed by atoms with Crippen LogP contribution < -0.4 is 5.32 Å². The first-order valence-corrected chi connectivity index (χ1v) is 6.22. The minimum Gasteiger partial charge on any atom is -0.385 e. The number of aliphatic hydroxyl groups excluding tert-OH is 1. The molecular formula is C15H18N2O2. The van der Waals surface area contributed by atoms with Crippen LogP contribution >= 0.6 is 0 Å². The fourth-order valence-electron chi connectivity index (χ4n) is 2.04. The Hall–Kier alpha value is -2.07. The van der Waals surface area contributed by atoms with Crippen molar-refractivity contribution in [2.75, 3.05) is 6.54 Å². The van der Waals surface area contributed by atoms with E-state index in [4.69, 9.17) is 0 Å². The molecule has 19 heavy (non-hydrogen) atoms. The molecule has 0 spiro atoms. The van der Waals surface area contributed by atoms with Crippen molar-refractivity contribution in [2.45, 2.75) is 13.0 Å². The number of amides is 1. The normalized spacial score (nSPS) is 12.2. The SMILES string of the molecule is Cc1ccccc1C(=O)NCC(O)c1cccn1C. The summed E-state index contributed by atoms with van der Waals surface area (Å²) in [6.45, 7) is 2.09. The molecule has 2 aromatic rings. The number of nitrogens with one attached hydrogen (secondary N) is 1. The fourth-order valence-corrected chi connectivity index (χ4v) is 2.04. The molecule has 0 saturated carbocycles. The number of aromatic nitrogens is 1. The lowest BCUT2D eigenvalue weighted by atomic mass is 10.1. The Morgan fingerprint density at radius 2 is 2.05 bits per heavy atom. The molecule has 1 atom stereocenters. The third-order valence-electron chi connectivity index (χ3n) is 3.17. The Labute approximate surface area is 112 Å². The third-order valence-corrected chi connectivity index (χ3v) is 3.17. The van der Waals surface area contributed by atoms with Gasteiger partial charge < -0.3 is 15.0 Å². The van der Waals surface area contributed by atoms with Crippen LogP contribution in [0.15, 0.2) is 42.6 Å². The molecule has 4 heteroatoms. The van der Waals surface area contributed by atoms with Crippen molar-refractivity contribution in [3.05, 3.63) is 59.4 Å². The lowest BCUT2D eigenvalue weighted by Gasteiger charge is -2.13. The predicted molar refractivity (Wildman–Crippen MR) is 73.9 cm³/mol. The molecule has 0 aliphatic heterocycles. The molecule has 4 nitrogen and oxygen atoms in total. The van der Waals surface area contributed by atoms with Gasteiger partial charge in [-0.05, 0) is 30.7 Å². The molecule has 0 radical (unpaired) electrons. The van der Waals surface area contributed by atoms with Crippen LogP contribution in [0, 0.1) is 6.92 Å². The standard InChI is InChI=1S/C15H18N2O2/c1-11-6-3-4-7-12(11)15(19)16-10-14(18)13-8-5-9-17(13)2/h3-9,14,18H,10H2,1-2H3,(H,16,19). The lowest BCUT2D eigenvalue weighted by Crippen LogP contribution is -2.29. The van der Waals surface area contributed by atoms with E-state index in [9.17, 15) is 9.90 Å². The summed E-state index contributed by atoms with van der Waals surface area (Å²) in [6, 6.07) is 11.1. The average molecular weight is 258 g/mol. The molecule has 1 aromatic heterocycles. The van der Waals surface area contributed by atoms with Gasteiger partial charge in [-0.25, -0.2) is 0 Å². The molecule has 1 amide bonds. The maximum atomic E-state index is 12.0. The maximum Gasteiger partial charge on any atom is 0.251 e. The molecule has 1 heterocycles. The number of rotatable bonds is 4. The highest BCUT2D eigenvalue weighted by molar-refractivity contribution is 5.95. The third kappa shape index (κ3) is 3.03. The first kappa shape index (κ1) is 13.4. The predicted octanol–water partition coefficient (Wildman–Crippen LogP) is 1.80. The molecular weight excluding hydrogens is 240 g/mol. The minimum absolute atomic E-state index is 0.161. The second-order valence-corrected chi connectivity index (χ2v) is 4.58. The van der Waals surface area contributed by atoms with E-state index in [2.05, 4.69) is 5.32 Å². The maximum absolute atomic E-state index is 12.0. The number of benzene rings is 1. The minimum atomic E-state index is -0.701. The Balaban J connectivity index is 1.98. The number of nitrogens with zero attached hydrogens (tertiary/aromatic N) is 1. The van der Waals surface area contributed by atoms with Crippen LogP contribution in [0.4, 0.5) is 0 Å². The number of hydrogen-bond donors (Lipinski definition) is 2. The van der Waals surface area contributed by atoms with Crippen LogP contribution in [0.25, 0.3) is 0 Å². The van der Waals surface area contributed by atoms with Gasteiger partial charge in [0, 0.05) is 31.0 Å². The van der Waals surface area contributed by atoms with Gasteiger partial charge in [-0.3, -0.25) is 4.79 Å². The number of aryl methyl sites for hydroxylation is 2. The highest BCUT2D eigenvalue weighted by Gasteiger charge is 2.13. The van der Waals surface area contributed by atoms with Gasteiger partial charge in [-0.2, -0.15) is 0 Å². The molecule has 100 valence electrons. The first-order valence-electron chi connectivity index (χ1n) is 6.22. The number of hydrogen-bond acceptors (Lipinski definition) is 2. The van der Waals surface area contributed by atoms with Gasteiger partial charge >= 0.3 is 0 Å². The lowest BCUT2D eigenvalue weighted by molar-refractivity contribution is 0.0911. The van der Waals surface area contributed by atoms with Crippen LogP contribution in [-0.2, 0) is 7.05 Å². The van der Waals surface area contributed by atoms with Crippen LogP contribution in [0.2, 0.25) is 0 Å². The average Bonchev–Trinajstić information content (AvgIpc) is 2.82. The molecule has 0 bridgehead atoms. The van der Waals surface area contributed by atoms with E-state index in [0.29, 0.717) is 5.56 Å². The van der Waals surface area contributed by atoms with Crippen molar-refractivity contribution in [1.29, 1.82) is 0 Å². The zero-order valence-electron chi connectivity index (χ0n) is 11.1. The summed E-state index contributed by atoms with van der Waals surface area (Å²) in [5.41, 5.74) is 2.35. The van der Waals surface area contributed by atoms with Crippen molar-refractivity contribution in [3.8, 4) is 0 Å². The summed E-state index contributed by atoms with van der Waals surface area (Å²) in [6.07, 6.45) is 1.16. The van der Waals surface area contributed by atoms with Crippen molar-refractivity contribution in [3.63, 3.8) is 0 Å². The van der Waals surface area contributed by atoms with Crippen LogP contribution in [0.1, 0.15) is 27.7 Å². The van der Waals surface area contributed by atoms with Gasteiger partial charge in [0.25, 0.3) is 5.91 Å². The van der Waals surface area contributed by atoms with E-state index >= 15 is 0 Å². The van der Waals surface area contributed by atoms with Gasteiger partial charge in [-0.1, -0.05) is 18.2 Å². The van der Waals surface area contributed by atoms with E-state index in [0.717, 1.165) is 11.3 Å². The zero-order valence-corrected chi connectivity index (χ0v) is 11.1. The highest BCUT2D eigenvalue weighted by atomic mass is 16.3. The van der Waals surface area contributed by atoms with E-state index < -0.39 is 6.10 Å². The van der Waals surface area contributed by atoms with E-state index in [-0.39, 0.29) is 12.5 Å². The van der Waals surface area contributed by atoms with Gasteiger partial charge in [0.1, 0.15) is 6.10 Å². The van der Waals surface area contributed by atoms with E-state index in [1.807, 2.05) is 55.1 Å². The van der Waals surface area contributed by atoms with Crippen molar-refractivity contribution >= 4 is 5.91 Å². The second-order valence-electron chi connectivity index (χ2n) is 4.58. The number of carbonyl (C=O) groups is 1. The topological polar surface area (TPSA) is 54.3 Å². The zero-order chi connectivity index (χ0) is 13.8. The number of carbonyl (C=O) groups excluding carboxylic acids is 1. The Morgan fingerprint density at radius 1 is 1.32 bits per heavy atom. The van der Waals surface area contributed by atoms with Gasteiger partial charge in [0.15, 0.2) is 0 Å².